The number of oxime groups is 1. The molecule has 1 saturated heterocycles. The van der Waals surface area contributed by atoms with Crippen LogP contribution in [0.2, 0.25) is 0 Å². The molecule has 0 amide bonds. The Morgan fingerprint density at radius 3 is 2.60 bits per heavy atom. The van der Waals surface area contributed by atoms with Crippen molar-refractivity contribution in [1.29, 1.82) is 0 Å². The third kappa shape index (κ3) is 3.71. The van der Waals surface area contributed by atoms with Gasteiger partial charge in [0, 0.05) is 32.7 Å². The monoisotopic (exact) mass is 277 g/mol. The first-order chi connectivity index (χ1) is 9.74. The van der Waals surface area contributed by atoms with Gasteiger partial charge in [0.2, 0.25) is 0 Å². The van der Waals surface area contributed by atoms with E-state index in [-0.39, 0.29) is 11.9 Å². The van der Waals surface area contributed by atoms with E-state index in [1.807, 2.05) is 18.2 Å². The minimum Gasteiger partial charge on any atom is -0.409 e. The van der Waals surface area contributed by atoms with Gasteiger partial charge >= 0.3 is 0 Å². The SMILES string of the molecule is COC1CCN(C(CC(N)=NO)c2ccccc2)CC1. The molecule has 5 nitrogen and oxygen atoms in total. The Kier molecular flexibility index (Phi) is 5.38. The van der Waals surface area contributed by atoms with Crippen molar-refractivity contribution in [2.75, 3.05) is 20.2 Å². The smallest absolute Gasteiger partial charge is 0.141 e. The van der Waals surface area contributed by atoms with E-state index in [1.54, 1.807) is 7.11 Å². The molecule has 0 spiro atoms. The third-order valence-corrected chi connectivity index (χ3v) is 3.97. The largest absolute Gasteiger partial charge is 0.409 e. The minimum atomic E-state index is 0.157. The molecule has 3 N–H and O–H groups in total. The normalized spacial score (nSPS) is 19.9. The van der Waals surface area contributed by atoms with Gasteiger partial charge in [0.05, 0.1) is 6.10 Å². The molecule has 0 aliphatic carbocycles. The van der Waals surface area contributed by atoms with Crippen LogP contribution in [0.4, 0.5) is 0 Å². The van der Waals surface area contributed by atoms with Crippen LogP contribution in [0.15, 0.2) is 35.5 Å². The Morgan fingerprint density at radius 1 is 1.40 bits per heavy atom. The third-order valence-electron chi connectivity index (χ3n) is 3.97. The number of nitrogens with zero attached hydrogens (tertiary/aromatic N) is 2. The van der Waals surface area contributed by atoms with Crippen LogP contribution in [0.25, 0.3) is 0 Å². The maximum Gasteiger partial charge on any atom is 0.141 e. The average Bonchev–Trinajstić information content (AvgIpc) is 2.53. The average molecular weight is 277 g/mol. The van der Waals surface area contributed by atoms with Gasteiger partial charge < -0.3 is 15.7 Å². The van der Waals surface area contributed by atoms with Crippen LogP contribution < -0.4 is 5.73 Å². The Labute approximate surface area is 120 Å². The highest BCUT2D eigenvalue weighted by atomic mass is 16.5. The Bertz CT molecular complexity index is 428. The van der Waals surface area contributed by atoms with E-state index >= 15 is 0 Å². The van der Waals surface area contributed by atoms with E-state index in [4.69, 9.17) is 15.7 Å². The molecule has 1 atom stereocenters. The van der Waals surface area contributed by atoms with E-state index in [9.17, 15) is 0 Å². The van der Waals surface area contributed by atoms with Crippen molar-refractivity contribution >= 4 is 5.84 Å². The van der Waals surface area contributed by atoms with Crippen LogP contribution in [0, 0.1) is 0 Å². The van der Waals surface area contributed by atoms with Crippen molar-refractivity contribution in [1.82, 2.24) is 4.90 Å². The summed E-state index contributed by atoms with van der Waals surface area (Å²) in [5.74, 6) is 0.271. The molecule has 1 aliphatic heterocycles. The van der Waals surface area contributed by atoms with Crippen molar-refractivity contribution in [3.8, 4) is 0 Å². The van der Waals surface area contributed by atoms with E-state index in [1.165, 1.54) is 5.56 Å². The zero-order valence-electron chi connectivity index (χ0n) is 11.9. The predicted molar refractivity (Wildman–Crippen MR) is 78.8 cm³/mol. The maximum absolute atomic E-state index is 8.83. The van der Waals surface area contributed by atoms with Crippen molar-refractivity contribution in [3.05, 3.63) is 35.9 Å². The summed E-state index contributed by atoms with van der Waals surface area (Å²) in [6.45, 7) is 1.94. The van der Waals surface area contributed by atoms with Crippen LogP contribution in [0.1, 0.15) is 30.9 Å². The number of piperidine rings is 1. The molecule has 2 rings (SSSR count). The molecule has 1 heterocycles. The van der Waals surface area contributed by atoms with Gasteiger partial charge in [-0.3, -0.25) is 4.90 Å². The highest BCUT2D eigenvalue weighted by molar-refractivity contribution is 5.80. The molecule has 0 saturated carbocycles. The first kappa shape index (κ1) is 14.8. The van der Waals surface area contributed by atoms with Gasteiger partial charge in [-0.05, 0) is 18.4 Å². The maximum atomic E-state index is 8.83. The van der Waals surface area contributed by atoms with Crippen molar-refractivity contribution in [3.63, 3.8) is 0 Å². The van der Waals surface area contributed by atoms with Gasteiger partial charge in [0.25, 0.3) is 0 Å². The number of hydrogen-bond acceptors (Lipinski definition) is 4. The topological polar surface area (TPSA) is 71.1 Å². The van der Waals surface area contributed by atoms with Crippen molar-refractivity contribution < 1.29 is 9.94 Å². The number of nitrogens with two attached hydrogens (primary N) is 1. The molecule has 1 unspecified atom stereocenters. The standard InChI is InChI=1S/C15H23N3O2/c1-20-13-7-9-18(10-8-13)14(11-15(16)17-19)12-5-3-2-4-6-12/h2-6,13-14,19H,7-11H2,1H3,(H2,16,17). The number of methoxy groups -OCH3 is 1. The van der Waals surface area contributed by atoms with Gasteiger partial charge in [-0.25, -0.2) is 0 Å². The van der Waals surface area contributed by atoms with Crippen LogP contribution in [-0.2, 0) is 4.74 Å². The summed E-state index contributed by atoms with van der Waals surface area (Å²) in [5.41, 5.74) is 6.92. The van der Waals surface area contributed by atoms with Gasteiger partial charge in [-0.1, -0.05) is 35.5 Å². The number of rotatable bonds is 5. The second kappa shape index (κ2) is 7.26. The number of benzene rings is 1. The molecule has 1 aliphatic rings. The van der Waals surface area contributed by atoms with Crippen LogP contribution in [0.5, 0.6) is 0 Å². The summed E-state index contributed by atoms with van der Waals surface area (Å²) in [6.07, 6.45) is 2.94. The van der Waals surface area contributed by atoms with Gasteiger partial charge in [-0.2, -0.15) is 0 Å². The summed E-state index contributed by atoms with van der Waals surface area (Å²) in [4.78, 5) is 2.39. The molecule has 0 bridgehead atoms. The Hall–Kier alpha value is -1.59. The highest BCUT2D eigenvalue weighted by Gasteiger charge is 2.26. The van der Waals surface area contributed by atoms with Crippen LogP contribution in [-0.4, -0.2) is 42.2 Å². The van der Waals surface area contributed by atoms with E-state index in [0.29, 0.717) is 12.5 Å². The minimum absolute atomic E-state index is 0.157. The lowest BCUT2D eigenvalue weighted by Crippen LogP contribution is -2.40. The molecule has 20 heavy (non-hydrogen) atoms. The van der Waals surface area contributed by atoms with Gasteiger partial charge in [-0.15, -0.1) is 0 Å². The molecule has 0 aromatic heterocycles. The summed E-state index contributed by atoms with van der Waals surface area (Å²) in [6, 6.07) is 10.4. The van der Waals surface area contributed by atoms with E-state index in [0.717, 1.165) is 25.9 Å². The Balaban J connectivity index is 2.11. The second-order valence-corrected chi connectivity index (χ2v) is 5.19. The van der Waals surface area contributed by atoms with Crippen LogP contribution >= 0.6 is 0 Å². The first-order valence-corrected chi connectivity index (χ1v) is 7.02. The summed E-state index contributed by atoms with van der Waals surface area (Å²) in [7, 11) is 1.77. The zero-order valence-corrected chi connectivity index (χ0v) is 11.9. The lowest BCUT2D eigenvalue weighted by molar-refractivity contribution is 0.0277. The van der Waals surface area contributed by atoms with Gasteiger partial charge in [0.15, 0.2) is 0 Å². The molecular formula is C15H23N3O2. The van der Waals surface area contributed by atoms with E-state index in [2.05, 4.69) is 22.2 Å². The molecule has 1 aromatic carbocycles. The fourth-order valence-electron chi connectivity index (χ4n) is 2.80. The number of ether oxygens (including phenoxy) is 1. The van der Waals surface area contributed by atoms with Crippen molar-refractivity contribution in [2.45, 2.75) is 31.4 Å². The predicted octanol–water partition coefficient (Wildman–Crippen LogP) is 1.97. The molecule has 1 fully saturated rings. The molecule has 5 heteroatoms. The molecular weight excluding hydrogens is 254 g/mol. The second-order valence-electron chi connectivity index (χ2n) is 5.19. The summed E-state index contributed by atoms with van der Waals surface area (Å²) >= 11 is 0. The fourth-order valence-corrected chi connectivity index (χ4v) is 2.80. The lowest BCUT2D eigenvalue weighted by atomic mass is 9.97. The van der Waals surface area contributed by atoms with Gasteiger partial charge in [0.1, 0.15) is 5.84 Å². The number of amidine groups is 1. The summed E-state index contributed by atoms with van der Waals surface area (Å²) < 4.78 is 5.41. The quantitative estimate of drug-likeness (QED) is 0.373. The molecule has 1 aromatic rings. The highest BCUT2D eigenvalue weighted by Crippen LogP contribution is 2.28. The Morgan fingerprint density at radius 2 is 2.05 bits per heavy atom. The summed E-state index contributed by atoms with van der Waals surface area (Å²) in [5, 5.41) is 12.0. The molecule has 110 valence electrons. The number of likely N-dealkylation sites (tertiary alicyclic amines) is 1. The number of hydrogen-bond donors (Lipinski definition) is 2. The lowest BCUT2D eigenvalue weighted by Gasteiger charge is -2.37. The van der Waals surface area contributed by atoms with E-state index < -0.39 is 0 Å². The zero-order chi connectivity index (χ0) is 14.4. The fraction of sp³-hybridized carbons (Fsp3) is 0.533. The molecule has 0 radical (unpaired) electrons. The van der Waals surface area contributed by atoms with Crippen molar-refractivity contribution in [2.24, 2.45) is 10.9 Å². The first-order valence-electron chi connectivity index (χ1n) is 7.02. The van der Waals surface area contributed by atoms with Crippen LogP contribution in [0.3, 0.4) is 0 Å².